The van der Waals surface area contributed by atoms with Crippen LogP contribution in [0.4, 0.5) is 0 Å². The lowest BCUT2D eigenvalue weighted by atomic mass is 10.1. The monoisotopic (exact) mass is 428 g/mol. The number of fused-ring (bicyclic) bond motifs is 1. The third-order valence-electron chi connectivity index (χ3n) is 4.77. The molecule has 0 saturated carbocycles. The van der Waals surface area contributed by atoms with Crippen LogP contribution in [0.5, 0.6) is 11.5 Å². The lowest BCUT2D eigenvalue weighted by Crippen LogP contribution is -2.28. The highest BCUT2D eigenvalue weighted by molar-refractivity contribution is 6.01. The van der Waals surface area contributed by atoms with Gasteiger partial charge in [0.2, 0.25) is 5.91 Å². The van der Waals surface area contributed by atoms with Gasteiger partial charge in [-0.3, -0.25) is 14.6 Å². The SMILES string of the molecule is CC(C)Oc1cc2c(OCC3CCN(C(=O)CC#N)C3)ccnc2cc1C(N)=O.CO. The summed E-state index contributed by atoms with van der Waals surface area (Å²) in [7, 11) is 1.00. The van der Waals surface area contributed by atoms with E-state index in [-0.39, 0.29) is 29.9 Å². The third kappa shape index (κ3) is 6.06. The topological polar surface area (TPSA) is 139 Å². The van der Waals surface area contributed by atoms with Crippen LogP contribution in [0.25, 0.3) is 10.9 Å². The van der Waals surface area contributed by atoms with Gasteiger partial charge < -0.3 is 25.2 Å². The number of carbonyl (C=O) groups excluding carboxylic acids is 2. The largest absolute Gasteiger partial charge is 0.492 e. The van der Waals surface area contributed by atoms with Crippen LogP contribution in [0.2, 0.25) is 0 Å². The standard InChI is InChI=1S/C21H24N4O4.CH4O/c1-13(2)29-19-10-15-17(9-16(19)21(23)27)24-7-4-18(15)28-12-14-5-8-25(11-14)20(26)3-6-22;1-2/h4,7,9-10,13-14H,3,5,8,11-12H2,1-2H3,(H2,23,27);2H,1H3. The highest BCUT2D eigenvalue weighted by Gasteiger charge is 2.26. The number of benzene rings is 1. The summed E-state index contributed by atoms with van der Waals surface area (Å²) in [5, 5.41) is 16.4. The van der Waals surface area contributed by atoms with Crippen LogP contribution in [0.3, 0.4) is 0 Å². The van der Waals surface area contributed by atoms with Crippen molar-refractivity contribution in [3.05, 3.63) is 30.0 Å². The molecule has 0 bridgehead atoms. The van der Waals surface area contributed by atoms with Crippen LogP contribution >= 0.6 is 0 Å². The van der Waals surface area contributed by atoms with E-state index in [2.05, 4.69) is 4.98 Å². The maximum absolute atomic E-state index is 11.9. The van der Waals surface area contributed by atoms with Gasteiger partial charge in [-0.1, -0.05) is 0 Å². The van der Waals surface area contributed by atoms with Crippen molar-refractivity contribution in [2.45, 2.75) is 32.8 Å². The molecule has 0 radical (unpaired) electrons. The summed E-state index contributed by atoms with van der Waals surface area (Å²) in [5.41, 5.74) is 6.35. The average molecular weight is 428 g/mol. The van der Waals surface area contributed by atoms with E-state index < -0.39 is 5.91 Å². The Morgan fingerprint density at radius 3 is 2.74 bits per heavy atom. The molecular formula is C22H28N4O5. The van der Waals surface area contributed by atoms with Crippen LogP contribution in [-0.4, -0.2) is 59.7 Å². The molecule has 9 heteroatoms. The quantitative estimate of drug-likeness (QED) is 0.686. The summed E-state index contributed by atoms with van der Waals surface area (Å²) >= 11 is 0. The molecule has 2 heterocycles. The second kappa shape index (κ2) is 11.1. The van der Waals surface area contributed by atoms with E-state index in [1.807, 2.05) is 19.9 Å². The Balaban J connectivity index is 0.00000166. The number of likely N-dealkylation sites (tertiary alicyclic amines) is 1. The van der Waals surface area contributed by atoms with Gasteiger partial charge in [0.15, 0.2) is 0 Å². The summed E-state index contributed by atoms with van der Waals surface area (Å²) in [6.45, 7) is 5.40. The van der Waals surface area contributed by atoms with Gasteiger partial charge in [0.25, 0.3) is 5.91 Å². The maximum atomic E-state index is 11.9. The number of primary amides is 1. The Kier molecular flexibility index (Phi) is 8.58. The summed E-state index contributed by atoms with van der Waals surface area (Å²) in [4.78, 5) is 29.7. The smallest absolute Gasteiger partial charge is 0.252 e. The summed E-state index contributed by atoms with van der Waals surface area (Å²) in [6.07, 6.45) is 2.22. The molecule has 1 aromatic carbocycles. The number of rotatable bonds is 7. The molecule has 1 aliphatic heterocycles. The average Bonchev–Trinajstić information content (AvgIpc) is 3.22. The molecule has 3 N–H and O–H groups in total. The van der Waals surface area contributed by atoms with Crippen molar-refractivity contribution in [2.75, 3.05) is 26.8 Å². The Morgan fingerprint density at radius 2 is 2.10 bits per heavy atom. The van der Waals surface area contributed by atoms with Crippen molar-refractivity contribution in [3.63, 3.8) is 0 Å². The number of hydrogen-bond donors (Lipinski definition) is 2. The fourth-order valence-corrected chi connectivity index (χ4v) is 3.40. The summed E-state index contributed by atoms with van der Waals surface area (Å²) in [5.74, 6) is 0.494. The van der Waals surface area contributed by atoms with Crippen LogP contribution in [0.15, 0.2) is 24.4 Å². The zero-order chi connectivity index (χ0) is 23.0. The van der Waals surface area contributed by atoms with Gasteiger partial charge in [-0.2, -0.15) is 5.26 Å². The van der Waals surface area contributed by atoms with Crippen LogP contribution in [-0.2, 0) is 4.79 Å². The molecule has 3 rings (SSSR count). The van der Waals surface area contributed by atoms with E-state index in [1.165, 1.54) is 0 Å². The van der Waals surface area contributed by atoms with Crippen LogP contribution in [0.1, 0.15) is 37.0 Å². The van der Waals surface area contributed by atoms with Gasteiger partial charge in [-0.05, 0) is 38.5 Å². The molecule has 31 heavy (non-hydrogen) atoms. The van der Waals surface area contributed by atoms with Gasteiger partial charge >= 0.3 is 0 Å². The first-order chi connectivity index (χ1) is 14.9. The van der Waals surface area contributed by atoms with Crippen LogP contribution in [0, 0.1) is 17.2 Å². The number of amides is 2. The van der Waals surface area contributed by atoms with Crippen LogP contribution < -0.4 is 15.2 Å². The Morgan fingerprint density at radius 1 is 1.35 bits per heavy atom. The van der Waals surface area contributed by atoms with Gasteiger partial charge in [-0.25, -0.2) is 0 Å². The second-order valence-electron chi connectivity index (χ2n) is 7.35. The number of nitrogens with zero attached hydrogens (tertiary/aromatic N) is 3. The van der Waals surface area contributed by atoms with Gasteiger partial charge in [-0.15, -0.1) is 0 Å². The van der Waals surface area contributed by atoms with E-state index in [0.29, 0.717) is 36.7 Å². The number of aliphatic hydroxyl groups is 1. The number of aromatic nitrogens is 1. The molecule has 2 aromatic rings. The van der Waals surface area contributed by atoms with Crippen molar-refractivity contribution in [3.8, 4) is 17.6 Å². The first kappa shape index (κ1) is 23.9. The minimum atomic E-state index is -0.580. The Bertz CT molecular complexity index is 970. The predicted octanol–water partition coefficient (Wildman–Crippen LogP) is 1.87. The van der Waals surface area contributed by atoms with E-state index >= 15 is 0 Å². The van der Waals surface area contributed by atoms with Gasteiger partial charge in [0.1, 0.15) is 17.9 Å². The first-order valence-electron chi connectivity index (χ1n) is 10.0. The van der Waals surface area contributed by atoms with Crippen molar-refractivity contribution in [2.24, 2.45) is 11.7 Å². The summed E-state index contributed by atoms with van der Waals surface area (Å²) in [6, 6.07) is 7.00. The van der Waals surface area contributed by atoms with E-state index in [4.69, 9.17) is 25.6 Å². The minimum absolute atomic E-state index is 0.0939. The van der Waals surface area contributed by atoms with Crippen molar-refractivity contribution in [1.29, 1.82) is 5.26 Å². The molecule has 1 atom stereocenters. The number of ether oxygens (including phenoxy) is 2. The number of pyridine rings is 1. The molecule has 9 nitrogen and oxygen atoms in total. The molecule has 1 fully saturated rings. The zero-order valence-corrected chi connectivity index (χ0v) is 18.0. The fraction of sp³-hybridized carbons (Fsp3) is 0.455. The number of aliphatic hydroxyl groups excluding tert-OH is 1. The highest BCUT2D eigenvalue weighted by atomic mass is 16.5. The van der Waals surface area contributed by atoms with E-state index in [1.54, 1.807) is 29.3 Å². The second-order valence-corrected chi connectivity index (χ2v) is 7.35. The fourth-order valence-electron chi connectivity index (χ4n) is 3.40. The Hall–Kier alpha value is -3.38. The van der Waals surface area contributed by atoms with Gasteiger partial charge in [0.05, 0.1) is 29.9 Å². The first-order valence-corrected chi connectivity index (χ1v) is 10.0. The molecule has 0 aliphatic carbocycles. The number of carbonyl (C=O) groups is 2. The zero-order valence-electron chi connectivity index (χ0n) is 18.0. The number of nitrogens with two attached hydrogens (primary N) is 1. The number of hydrogen-bond acceptors (Lipinski definition) is 7. The highest BCUT2D eigenvalue weighted by Crippen LogP contribution is 2.32. The molecule has 0 spiro atoms. The predicted molar refractivity (Wildman–Crippen MR) is 115 cm³/mol. The molecule has 166 valence electrons. The number of nitriles is 1. The molecule has 1 aliphatic rings. The van der Waals surface area contributed by atoms with E-state index in [9.17, 15) is 9.59 Å². The molecule has 1 saturated heterocycles. The minimum Gasteiger partial charge on any atom is -0.492 e. The van der Waals surface area contributed by atoms with Crippen molar-refractivity contribution in [1.82, 2.24) is 9.88 Å². The maximum Gasteiger partial charge on any atom is 0.252 e. The van der Waals surface area contributed by atoms with Gasteiger partial charge in [0, 0.05) is 37.7 Å². The normalized spacial score (nSPS) is 15.2. The van der Waals surface area contributed by atoms with Crippen molar-refractivity contribution < 1.29 is 24.2 Å². The molecule has 1 aromatic heterocycles. The lowest BCUT2D eigenvalue weighted by Gasteiger charge is -2.17. The van der Waals surface area contributed by atoms with Crippen molar-refractivity contribution >= 4 is 22.7 Å². The summed E-state index contributed by atoms with van der Waals surface area (Å²) < 4.78 is 11.8. The third-order valence-corrected chi connectivity index (χ3v) is 4.77. The molecule has 1 unspecified atom stereocenters. The molecular weight excluding hydrogens is 400 g/mol. The van der Waals surface area contributed by atoms with E-state index in [0.717, 1.165) is 18.9 Å². The Labute approximate surface area is 181 Å². The lowest BCUT2D eigenvalue weighted by molar-refractivity contribution is -0.129. The molecule has 2 amide bonds.